The molecule has 9 heteroatoms. The first-order valence-electron chi connectivity index (χ1n) is 9.63. The smallest absolute Gasteiger partial charge is 0.237 e. The van der Waals surface area contributed by atoms with Gasteiger partial charge in [-0.3, -0.25) is 18.6 Å². The number of nitrogens with zero attached hydrogens (tertiary/aromatic N) is 5. The highest BCUT2D eigenvalue weighted by Crippen LogP contribution is 2.27. The second kappa shape index (κ2) is 7.83. The van der Waals surface area contributed by atoms with Gasteiger partial charge in [0.05, 0.1) is 16.8 Å². The number of hydrogen-bond donors (Lipinski definition) is 1. The SMILES string of the molecule is CCC1CCCCN1C(=O)CSc1nnc2n(CC(N)=O)c3ccccc3n12. The number of amides is 2. The van der Waals surface area contributed by atoms with E-state index in [0.29, 0.717) is 22.7 Å². The van der Waals surface area contributed by atoms with Gasteiger partial charge in [0.2, 0.25) is 17.6 Å². The lowest BCUT2D eigenvalue weighted by atomic mass is 10.0. The fourth-order valence-electron chi connectivity index (χ4n) is 4.00. The van der Waals surface area contributed by atoms with Crippen LogP contribution in [-0.4, -0.2) is 54.2 Å². The van der Waals surface area contributed by atoms with E-state index in [-0.39, 0.29) is 12.5 Å². The van der Waals surface area contributed by atoms with Crippen LogP contribution >= 0.6 is 11.8 Å². The molecule has 3 aromatic rings. The van der Waals surface area contributed by atoms with Crippen LogP contribution in [0.15, 0.2) is 29.4 Å². The van der Waals surface area contributed by atoms with Crippen LogP contribution in [0.25, 0.3) is 16.8 Å². The molecule has 0 bridgehead atoms. The topological polar surface area (TPSA) is 98.5 Å². The molecule has 2 N–H and O–H groups in total. The number of carbonyl (C=O) groups is 2. The van der Waals surface area contributed by atoms with Crippen LogP contribution in [0.5, 0.6) is 0 Å². The monoisotopic (exact) mass is 400 g/mol. The molecule has 4 rings (SSSR count). The average Bonchev–Trinajstić information content (AvgIpc) is 3.25. The second-order valence-electron chi connectivity index (χ2n) is 7.09. The third-order valence-corrected chi connectivity index (χ3v) is 6.24. The zero-order valence-corrected chi connectivity index (χ0v) is 16.7. The number of benzene rings is 1. The molecule has 1 fully saturated rings. The highest BCUT2D eigenvalue weighted by Gasteiger charge is 2.26. The Bertz CT molecular complexity index is 1030. The number of carbonyl (C=O) groups excluding carboxylic acids is 2. The zero-order chi connectivity index (χ0) is 19.7. The largest absolute Gasteiger partial charge is 0.368 e. The Kier molecular flexibility index (Phi) is 5.25. The number of aromatic nitrogens is 4. The van der Waals surface area contributed by atoms with Crippen molar-refractivity contribution in [1.82, 2.24) is 24.1 Å². The van der Waals surface area contributed by atoms with Gasteiger partial charge in [-0.25, -0.2) is 0 Å². The van der Waals surface area contributed by atoms with Gasteiger partial charge in [0, 0.05) is 12.6 Å². The standard InChI is InChI=1S/C19H24N6O2S/c1-2-13-7-5-6-10-23(13)17(27)12-28-19-22-21-18-24(11-16(20)26)14-8-3-4-9-15(14)25(18)19/h3-4,8-9,13H,2,5-7,10-12H2,1H3,(H2,20,26). The van der Waals surface area contributed by atoms with Gasteiger partial charge in [0.15, 0.2) is 5.16 Å². The number of rotatable bonds is 6. The predicted octanol–water partition coefficient (Wildman–Crippen LogP) is 2.05. The molecule has 1 aromatic carbocycles. The third kappa shape index (κ3) is 3.34. The number of hydrogen-bond acceptors (Lipinski definition) is 5. The first kappa shape index (κ1) is 18.8. The van der Waals surface area contributed by atoms with E-state index in [9.17, 15) is 9.59 Å². The summed E-state index contributed by atoms with van der Waals surface area (Å²) in [6, 6.07) is 8.05. The molecule has 3 heterocycles. The fourth-order valence-corrected chi connectivity index (χ4v) is 4.83. The van der Waals surface area contributed by atoms with Gasteiger partial charge in [-0.15, -0.1) is 10.2 Å². The van der Waals surface area contributed by atoms with Crippen molar-refractivity contribution < 1.29 is 9.59 Å². The Hall–Kier alpha value is -2.55. The summed E-state index contributed by atoms with van der Waals surface area (Å²) in [6.07, 6.45) is 4.34. The maximum atomic E-state index is 12.8. The van der Waals surface area contributed by atoms with Crippen LogP contribution in [0.2, 0.25) is 0 Å². The van der Waals surface area contributed by atoms with E-state index in [2.05, 4.69) is 17.1 Å². The Morgan fingerprint density at radius 2 is 2.00 bits per heavy atom. The normalized spacial score (nSPS) is 17.5. The van der Waals surface area contributed by atoms with Gasteiger partial charge in [-0.1, -0.05) is 30.8 Å². The molecular formula is C19H24N6O2S. The minimum Gasteiger partial charge on any atom is -0.368 e. The molecule has 1 aliphatic heterocycles. The third-order valence-electron chi connectivity index (χ3n) is 5.33. The minimum atomic E-state index is -0.439. The van der Waals surface area contributed by atoms with Crippen LogP contribution in [0.3, 0.4) is 0 Å². The lowest BCUT2D eigenvalue weighted by Crippen LogP contribution is -2.44. The van der Waals surface area contributed by atoms with Crippen molar-refractivity contribution in [2.45, 2.75) is 50.4 Å². The summed E-state index contributed by atoms with van der Waals surface area (Å²) < 4.78 is 3.65. The predicted molar refractivity (Wildman–Crippen MR) is 108 cm³/mol. The van der Waals surface area contributed by atoms with Crippen LogP contribution < -0.4 is 5.73 Å². The highest BCUT2D eigenvalue weighted by molar-refractivity contribution is 7.99. The molecule has 2 amide bonds. The van der Waals surface area contributed by atoms with Gasteiger partial charge in [-0.2, -0.15) is 0 Å². The summed E-state index contributed by atoms with van der Waals surface area (Å²) in [5, 5.41) is 9.16. The Morgan fingerprint density at radius 1 is 1.21 bits per heavy atom. The molecule has 8 nitrogen and oxygen atoms in total. The van der Waals surface area contributed by atoms with Crippen molar-refractivity contribution in [3.8, 4) is 0 Å². The summed E-state index contributed by atoms with van der Waals surface area (Å²) in [4.78, 5) is 26.3. The molecule has 28 heavy (non-hydrogen) atoms. The van der Waals surface area contributed by atoms with Gasteiger partial charge in [-0.05, 0) is 37.8 Å². The van der Waals surface area contributed by atoms with Gasteiger partial charge < -0.3 is 10.6 Å². The Labute approximate surface area is 167 Å². The fraction of sp³-hybridized carbons (Fsp3) is 0.474. The lowest BCUT2D eigenvalue weighted by Gasteiger charge is -2.35. The maximum absolute atomic E-state index is 12.8. The van der Waals surface area contributed by atoms with Crippen molar-refractivity contribution in [1.29, 1.82) is 0 Å². The maximum Gasteiger partial charge on any atom is 0.237 e. The Balaban J connectivity index is 1.61. The number of piperidine rings is 1. The average molecular weight is 401 g/mol. The zero-order valence-electron chi connectivity index (χ0n) is 15.9. The van der Waals surface area contributed by atoms with Crippen LogP contribution in [0.1, 0.15) is 32.6 Å². The molecule has 1 unspecified atom stereocenters. The summed E-state index contributed by atoms with van der Waals surface area (Å²) in [6.45, 7) is 3.01. The van der Waals surface area contributed by atoms with E-state index in [4.69, 9.17) is 5.73 Å². The van der Waals surface area contributed by atoms with Crippen molar-refractivity contribution in [3.05, 3.63) is 24.3 Å². The second-order valence-corrected chi connectivity index (χ2v) is 8.04. The number of imidazole rings is 1. The summed E-state index contributed by atoms with van der Waals surface area (Å²) >= 11 is 1.39. The summed E-state index contributed by atoms with van der Waals surface area (Å²) in [5.41, 5.74) is 7.16. The van der Waals surface area contributed by atoms with Gasteiger partial charge in [0.25, 0.3) is 0 Å². The molecule has 0 radical (unpaired) electrons. The highest BCUT2D eigenvalue weighted by atomic mass is 32.2. The van der Waals surface area contributed by atoms with Crippen molar-refractivity contribution >= 4 is 40.4 Å². The van der Waals surface area contributed by atoms with E-state index in [1.165, 1.54) is 18.2 Å². The molecule has 1 saturated heterocycles. The van der Waals surface area contributed by atoms with E-state index >= 15 is 0 Å². The first-order valence-corrected chi connectivity index (χ1v) is 10.6. The molecule has 0 spiro atoms. The molecule has 1 aliphatic rings. The van der Waals surface area contributed by atoms with Crippen LogP contribution in [0.4, 0.5) is 0 Å². The molecular weight excluding hydrogens is 376 g/mol. The minimum absolute atomic E-state index is 0.0324. The van der Waals surface area contributed by atoms with E-state index < -0.39 is 5.91 Å². The molecule has 1 atom stereocenters. The number of fused-ring (bicyclic) bond motifs is 3. The first-order chi connectivity index (χ1) is 13.6. The number of thioether (sulfide) groups is 1. The van der Waals surface area contributed by atoms with E-state index in [1.807, 2.05) is 33.6 Å². The van der Waals surface area contributed by atoms with Crippen molar-refractivity contribution in [3.63, 3.8) is 0 Å². The van der Waals surface area contributed by atoms with Crippen LogP contribution in [-0.2, 0) is 16.1 Å². The number of nitrogens with two attached hydrogens (primary N) is 1. The summed E-state index contributed by atoms with van der Waals surface area (Å²) in [5.74, 6) is 0.590. The number of para-hydroxylation sites is 2. The Morgan fingerprint density at radius 3 is 2.75 bits per heavy atom. The van der Waals surface area contributed by atoms with Crippen molar-refractivity contribution in [2.75, 3.05) is 12.3 Å². The summed E-state index contributed by atoms with van der Waals surface area (Å²) in [7, 11) is 0. The van der Waals surface area contributed by atoms with E-state index in [0.717, 1.165) is 36.8 Å². The quantitative estimate of drug-likeness (QED) is 0.639. The van der Waals surface area contributed by atoms with Crippen LogP contribution in [0, 0.1) is 0 Å². The lowest BCUT2D eigenvalue weighted by molar-refractivity contribution is -0.132. The van der Waals surface area contributed by atoms with Gasteiger partial charge >= 0.3 is 0 Å². The van der Waals surface area contributed by atoms with Gasteiger partial charge in [0.1, 0.15) is 6.54 Å². The molecule has 0 aliphatic carbocycles. The van der Waals surface area contributed by atoms with E-state index in [1.54, 1.807) is 4.57 Å². The number of likely N-dealkylation sites (tertiary alicyclic amines) is 1. The molecule has 148 valence electrons. The molecule has 2 aromatic heterocycles. The molecule has 0 saturated carbocycles. The van der Waals surface area contributed by atoms with Crippen molar-refractivity contribution in [2.24, 2.45) is 5.73 Å². The number of primary amides is 1.